The summed E-state index contributed by atoms with van der Waals surface area (Å²) in [5.41, 5.74) is 5.00. The number of aliphatic carboxylic acids is 2. The Morgan fingerprint density at radius 1 is 1.35 bits per heavy atom. The van der Waals surface area contributed by atoms with Gasteiger partial charge in [-0.2, -0.15) is 0 Å². The van der Waals surface area contributed by atoms with E-state index in [1.165, 1.54) is 0 Å². The lowest BCUT2D eigenvalue weighted by Crippen LogP contribution is -2.30. The maximum absolute atomic E-state index is 10.1. The molecule has 0 aliphatic carbocycles. The predicted molar refractivity (Wildman–Crippen MR) is 54.0 cm³/mol. The first-order valence-electron chi connectivity index (χ1n) is 4.60. The summed E-state index contributed by atoms with van der Waals surface area (Å²) in [6, 6.07) is -1.46. The van der Waals surface area contributed by atoms with Gasteiger partial charge in [-0.1, -0.05) is 0 Å². The summed E-state index contributed by atoms with van der Waals surface area (Å²) in [6.45, 7) is 0.124. The summed E-state index contributed by atoms with van der Waals surface area (Å²) in [6.07, 6.45) is -0.224. The van der Waals surface area contributed by atoms with Crippen molar-refractivity contribution < 1.29 is 29.4 Å². The van der Waals surface area contributed by atoms with Gasteiger partial charge in [0.15, 0.2) is 0 Å². The van der Waals surface area contributed by atoms with Crippen molar-refractivity contribution in [2.75, 3.05) is 6.54 Å². The van der Waals surface area contributed by atoms with Gasteiger partial charge in [-0.3, -0.25) is 19.7 Å². The molecule has 1 aliphatic heterocycles. The fourth-order valence-electron chi connectivity index (χ4n) is 0.778. The molecule has 0 bridgehead atoms. The van der Waals surface area contributed by atoms with E-state index in [1.54, 1.807) is 0 Å². The number of imide groups is 1. The van der Waals surface area contributed by atoms with Gasteiger partial charge in [-0.05, 0) is 6.42 Å². The predicted octanol–water partition coefficient (Wildman–Crippen LogP) is -1.91. The molecule has 0 aromatic rings. The molecule has 1 atom stereocenters. The van der Waals surface area contributed by atoms with E-state index in [0.29, 0.717) is 0 Å². The molecule has 1 saturated heterocycles. The maximum atomic E-state index is 10.1. The number of hydrogen-bond donors (Lipinski definition) is 5. The lowest BCUT2D eigenvalue weighted by Gasteiger charge is -2.01. The van der Waals surface area contributed by atoms with Crippen LogP contribution in [0.25, 0.3) is 0 Å². The molecule has 3 amide bonds. The molecule has 1 fully saturated rings. The zero-order chi connectivity index (χ0) is 13.4. The number of rotatable bonds is 4. The van der Waals surface area contributed by atoms with Crippen molar-refractivity contribution in [1.29, 1.82) is 0 Å². The Labute approximate surface area is 96.0 Å². The van der Waals surface area contributed by atoms with Crippen LogP contribution in [0, 0.1) is 0 Å². The Kier molecular flexibility index (Phi) is 6.26. The molecule has 0 aromatic heterocycles. The Balaban J connectivity index is 0.000000318. The van der Waals surface area contributed by atoms with Crippen LogP contribution >= 0.6 is 0 Å². The monoisotopic (exact) mass is 247 g/mol. The fourth-order valence-corrected chi connectivity index (χ4v) is 0.778. The number of nitrogens with two attached hydrogens (primary N) is 1. The standard InChI is InChI=1S/C5H9NO4.C3H4N2O2/c6-3(5(9)10)1-2-4(7)8;6-2-1-4-3(7)5-2/h3H,1-2,6H2,(H,7,8)(H,9,10);1H2,(H2,4,5,6,7)/t3-;/m0./s1. The van der Waals surface area contributed by atoms with E-state index in [2.05, 4.69) is 5.32 Å². The van der Waals surface area contributed by atoms with Crippen LogP contribution in [0.15, 0.2) is 0 Å². The zero-order valence-corrected chi connectivity index (χ0v) is 8.80. The molecule has 0 saturated carbocycles. The van der Waals surface area contributed by atoms with E-state index in [0.717, 1.165) is 0 Å². The molecular formula is C8H13N3O6. The van der Waals surface area contributed by atoms with E-state index in [9.17, 15) is 19.2 Å². The van der Waals surface area contributed by atoms with Crippen LogP contribution in [-0.4, -0.2) is 46.7 Å². The molecule has 0 unspecified atom stereocenters. The topological polar surface area (TPSA) is 159 Å². The van der Waals surface area contributed by atoms with Gasteiger partial charge >= 0.3 is 18.0 Å². The number of carboxylic acids is 2. The van der Waals surface area contributed by atoms with Crippen molar-refractivity contribution in [3.05, 3.63) is 0 Å². The third-order valence-electron chi connectivity index (χ3n) is 1.65. The molecule has 6 N–H and O–H groups in total. The van der Waals surface area contributed by atoms with Crippen molar-refractivity contribution in [2.45, 2.75) is 18.9 Å². The SMILES string of the molecule is N[C@@H](CCC(=O)O)C(=O)O.O=C1CNC(=O)N1. The Morgan fingerprint density at radius 2 is 1.94 bits per heavy atom. The van der Waals surface area contributed by atoms with Crippen molar-refractivity contribution in [3.63, 3.8) is 0 Å². The summed E-state index contributed by atoms with van der Waals surface area (Å²) < 4.78 is 0. The van der Waals surface area contributed by atoms with Crippen LogP contribution in [0.4, 0.5) is 4.79 Å². The summed E-state index contributed by atoms with van der Waals surface area (Å²) in [7, 11) is 0. The Bertz CT molecular complexity index is 315. The highest BCUT2D eigenvalue weighted by atomic mass is 16.4. The van der Waals surface area contributed by atoms with Gasteiger partial charge in [0.1, 0.15) is 6.04 Å². The first-order chi connectivity index (χ1) is 7.82. The second-order valence-corrected chi connectivity index (χ2v) is 3.11. The first-order valence-corrected chi connectivity index (χ1v) is 4.60. The normalized spacial score (nSPS) is 15.1. The highest BCUT2D eigenvalue weighted by molar-refractivity contribution is 6.01. The van der Waals surface area contributed by atoms with E-state index in [-0.39, 0.29) is 25.3 Å². The fraction of sp³-hybridized carbons (Fsp3) is 0.500. The van der Waals surface area contributed by atoms with E-state index in [1.807, 2.05) is 5.32 Å². The van der Waals surface area contributed by atoms with E-state index in [4.69, 9.17) is 15.9 Å². The highest BCUT2D eigenvalue weighted by Crippen LogP contribution is 1.93. The minimum atomic E-state index is -1.17. The minimum Gasteiger partial charge on any atom is -0.481 e. The third-order valence-corrected chi connectivity index (χ3v) is 1.65. The Hall–Kier alpha value is -2.16. The molecule has 9 nitrogen and oxygen atoms in total. The summed E-state index contributed by atoms with van der Waals surface area (Å²) in [5, 5.41) is 20.6. The summed E-state index contributed by atoms with van der Waals surface area (Å²) in [5.74, 6) is -2.46. The molecule has 0 radical (unpaired) electrons. The summed E-state index contributed by atoms with van der Waals surface area (Å²) in [4.78, 5) is 39.9. The van der Waals surface area contributed by atoms with Crippen LogP contribution in [-0.2, 0) is 14.4 Å². The van der Waals surface area contributed by atoms with Gasteiger partial charge in [-0.25, -0.2) is 4.79 Å². The van der Waals surface area contributed by atoms with Crippen molar-refractivity contribution >= 4 is 23.9 Å². The number of amides is 3. The molecule has 1 rings (SSSR count). The lowest BCUT2D eigenvalue weighted by atomic mass is 10.2. The van der Waals surface area contributed by atoms with Gasteiger partial charge < -0.3 is 21.3 Å². The van der Waals surface area contributed by atoms with Crippen LogP contribution < -0.4 is 16.4 Å². The number of carbonyl (C=O) groups is 4. The van der Waals surface area contributed by atoms with Crippen molar-refractivity contribution in [3.8, 4) is 0 Å². The number of carbonyl (C=O) groups excluding carboxylic acids is 2. The van der Waals surface area contributed by atoms with Crippen LogP contribution in [0.3, 0.4) is 0 Å². The second kappa shape index (κ2) is 7.17. The van der Waals surface area contributed by atoms with Crippen LogP contribution in [0.5, 0.6) is 0 Å². The minimum absolute atomic E-state index is 0.0231. The van der Waals surface area contributed by atoms with Gasteiger partial charge in [-0.15, -0.1) is 0 Å². The highest BCUT2D eigenvalue weighted by Gasteiger charge is 2.14. The van der Waals surface area contributed by atoms with Crippen molar-refractivity contribution in [1.82, 2.24) is 10.6 Å². The smallest absolute Gasteiger partial charge is 0.321 e. The van der Waals surface area contributed by atoms with E-state index >= 15 is 0 Å². The third kappa shape index (κ3) is 7.73. The molecule has 0 aromatic carbocycles. The molecule has 17 heavy (non-hydrogen) atoms. The zero-order valence-electron chi connectivity index (χ0n) is 8.80. The molecule has 1 heterocycles. The quantitative estimate of drug-likeness (QED) is 0.362. The van der Waals surface area contributed by atoms with Gasteiger partial charge in [0.05, 0.1) is 6.54 Å². The Morgan fingerprint density at radius 3 is 2.18 bits per heavy atom. The summed E-state index contributed by atoms with van der Waals surface area (Å²) >= 11 is 0. The number of hydrogen-bond acceptors (Lipinski definition) is 5. The maximum Gasteiger partial charge on any atom is 0.321 e. The second-order valence-electron chi connectivity index (χ2n) is 3.11. The van der Waals surface area contributed by atoms with Crippen LogP contribution in [0.1, 0.15) is 12.8 Å². The number of carboxylic acid groups (broad SMARTS) is 2. The molecule has 1 aliphatic rings. The molecule has 0 spiro atoms. The van der Waals surface area contributed by atoms with Gasteiger partial charge in [0, 0.05) is 6.42 Å². The average molecular weight is 247 g/mol. The largest absolute Gasteiger partial charge is 0.481 e. The number of urea groups is 1. The van der Waals surface area contributed by atoms with Gasteiger partial charge in [0.25, 0.3) is 0 Å². The average Bonchev–Trinajstić information content (AvgIpc) is 2.59. The molecule has 9 heteroatoms. The first kappa shape index (κ1) is 14.8. The van der Waals surface area contributed by atoms with Crippen LogP contribution in [0.2, 0.25) is 0 Å². The lowest BCUT2D eigenvalue weighted by molar-refractivity contribution is -0.139. The molecular weight excluding hydrogens is 234 g/mol. The van der Waals surface area contributed by atoms with Gasteiger partial charge in [0.2, 0.25) is 5.91 Å². The van der Waals surface area contributed by atoms with Crippen molar-refractivity contribution in [2.24, 2.45) is 5.73 Å². The number of nitrogens with one attached hydrogen (secondary N) is 2. The van der Waals surface area contributed by atoms with E-state index < -0.39 is 24.0 Å². The molecule has 96 valence electrons.